The van der Waals surface area contributed by atoms with Crippen molar-refractivity contribution in [1.29, 1.82) is 0 Å². The highest BCUT2D eigenvalue weighted by Gasteiger charge is 2.06. The van der Waals surface area contributed by atoms with Gasteiger partial charge in [-0.15, -0.1) is 0 Å². The minimum Gasteiger partial charge on any atom is -0.469 e. The molecule has 0 bridgehead atoms. The van der Waals surface area contributed by atoms with Crippen LogP contribution in [0.25, 0.3) is 0 Å². The summed E-state index contributed by atoms with van der Waals surface area (Å²) in [5.41, 5.74) is 8.36. The second-order valence-corrected chi connectivity index (χ2v) is 4.11. The van der Waals surface area contributed by atoms with Crippen LogP contribution in [0.4, 0.5) is 5.69 Å². The Morgan fingerprint density at radius 2 is 2.24 bits per heavy atom. The van der Waals surface area contributed by atoms with Gasteiger partial charge >= 0.3 is 5.97 Å². The fourth-order valence-electron chi connectivity index (χ4n) is 1.42. The van der Waals surface area contributed by atoms with Gasteiger partial charge in [0.1, 0.15) is 4.99 Å². The van der Waals surface area contributed by atoms with Gasteiger partial charge in [0, 0.05) is 17.8 Å². The van der Waals surface area contributed by atoms with E-state index in [2.05, 4.69) is 10.1 Å². The number of benzene rings is 1. The first-order chi connectivity index (χ1) is 8.04. The summed E-state index contributed by atoms with van der Waals surface area (Å²) in [6.07, 6.45) is 0.307. The maximum Gasteiger partial charge on any atom is 0.307 e. The van der Waals surface area contributed by atoms with E-state index in [-0.39, 0.29) is 5.97 Å². The van der Waals surface area contributed by atoms with Crippen LogP contribution in [-0.4, -0.2) is 24.6 Å². The van der Waals surface area contributed by atoms with Crippen molar-refractivity contribution in [1.82, 2.24) is 0 Å². The molecule has 0 radical (unpaired) electrons. The molecule has 0 heterocycles. The molecule has 0 amide bonds. The molecular formula is C12H16N2O2S. The van der Waals surface area contributed by atoms with E-state index in [1.54, 1.807) is 0 Å². The zero-order valence-electron chi connectivity index (χ0n) is 9.95. The number of thiocarbonyl (C=S) groups is 1. The Morgan fingerprint density at radius 1 is 1.53 bits per heavy atom. The Labute approximate surface area is 106 Å². The molecule has 1 aromatic carbocycles. The number of hydrogen-bond acceptors (Lipinski definition) is 4. The van der Waals surface area contributed by atoms with Crippen LogP contribution in [0.1, 0.15) is 17.5 Å². The highest BCUT2D eigenvalue weighted by molar-refractivity contribution is 7.80. The van der Waals surface area contributed by atoms with Gasteiger partial charge in [-0.1, -0.05) is 18.3 Å². The summed E-state index contributed by atoms with van der Waals surface area (Å²) < 4.78 is 4.56. The van der Waals surface area contributed by atoms with Gasteiger partial charge in [-0.2, -0.15) is 0 Å². The number of ether oxygens (including phenoxy) is 1. The first kappa shape index (κ1) is 13.4. The molecule has 3 N–H and O–H groups in total. The van der Waals surface area contributed by atoms with Crippen LogP contribution in [0.2, 0.25) is 0 Å². The molecule has 0 aromatic heterocycles. The van der Waals surface area contributed by atoms with E-state index in [4.69, 9.17) is 18.0 Å². The number of hydrogen-bond donors (Lipinski definition) is 2. The van der Waals surface area contributed by atoms with Crippen LogP contribution in [0.5, 0.6) is 0 Å². The fraction of sp³-hybridized carbons (Fsp3) is 0.333. The van der Waals surface area contributed by atoms with Gasteiger partial charge in [-0.05, 0) is 24.6 Å². The highest BCUT2D eigenvalue weighted by atomic mass is 32.1. The summed E-state index contributed by atoms with van der Waals surface area (Å²) >= 11 is 4.96. The lowest BCUT2D eigenvalue weighted by molar-refractivity contribution is -0.140. The van der Waals surface area contributed by atoms with Crippen LogP contribution < -0.4 is 11.1 Å². The molecule has 0 aliphatic heterocycles. The maximum atomic E-state index is 11.0. The molecule has 0 unspecified atom stereocenters. The number of nitrogens with two attached hydrogens (primary N) is 1. The monoisotopic (exact) mass is 252 g/mol. The lowest BCUT2D eigenvalue weighted by Gasteiger charge is -2.11. The zero-order chi connectivity index (χ0) is 12.8. The Morgan fingerprint density at radius 3 is 2.82 bits per heavy atom. The number of esters is 1. The van der Waals surface area contributed by atoms with Crippen LogP contribution in [-0.2, 0) is 9.53 Å². The number of carbonyl (C=O) groups is 1. The van der Waals surface area contributed by atoms with E-state index in [9.17, 15) is 4.79 Å². The first-order valence-corrected chi connectivity index (χ1v) is 5.66. The zero-order valence-corrected chi connectivity index (χ0v) is 10.8. The Kier molecular flexibility index (Phi) is 4.90. The third kappa shape index (κ3) is 4.03. The second-order valence-electron chi connectivity index (χ2n) is 3.67. The first-order valence-electron chi connectivity index (χ1n) is 5.25. The number of anilines is 1. The molecule has 4 nitrogen and oxygen atoms in total. The van der Waals surface area contributed by atoms with Crippen molar-refractivity contribution >= 4 is 28.9 Å². The predicted molar refractivity (Wildman–Crippen MR) is 72.2 cm³/mol. The van der Waals surface area contributed by atoms with Gasteiger partial charge < -0.3 is 15.8 Å². The summed E-state index contributed by atoms with van der Waals surface area (Å²) in [7, 11) is 1.37. The average molecular weight is 252 g/mol. The maximum absolute atomic E-state index is 11.0. The van der Waals surface area contributed by atoms with Crippen LogP contribution in [0.15, 0.2) is 18.2 Å². The molecule has 0 saturated heterocycles. The number of aryl methyl sites for hydroxylation is 1. The van der Waals surface area contributed by atoms with Gasteiger partial charge in [0.25, 0.3) is 0 Å². The molecule has 1 aromatic rings. The molecule has 0 fully saturated rings. The molecular weight excluding hydrogens is 236 g/mol. The van der Waals surface area contributed by atoms with Crippen molar-refractivity contribution in [2.24, 2.45) is 5.73 Å². The van der Waals surface area contributed by atoms with E-state index in [1.807, 2.05) is 25.1 Å². The smallest absolute Gasteiger partial charge is 0.307 e. The van der Waals surface area contributed by atoms with Crippen molar-refractivity contribution in [3.8, 4) is 0 Å². The summed E-state index contributed by atoms with van der Waals surface area (Å²) in [5, 5.41) is 3.13. The molecule has 0 aliphatic rings. The van der Waals surface area contributed by atoms with E-state index >= 15 is 0 Å². The van der Waals surface area contributed by atoms with Crippen LogP contribution >= 0.6 is 12.2 Å². The van der Waals surface area contributed by atoms with Crippen LogP contribution in [0.3, 0.4) is 0 Å². The Balaban J connectivity index is 2.72. The van der Waals surface area contributed by atoms with Crippen molar-refractivity contribution in [2.75, 3.05) is 19.0 Å². The quantitative estimate of drug-likeness (QED) is 0.615. The predicted octanol–water partition coefficient (Wildman–Crippen LogP) is 1.60. The van der Waals surface area contributed by atoms with Gasteiger partial charge in [0.15, 0.2) is 0 Å². The minimum atomic E-state index is -0.248. The highest BCUT2D eigenvalue weighted by Crippen LogP contribution is 2.17. The van der Waals surface area contributed by atoms with Crippen molar-refractivity contribution in [3.05, 3.63) is 29.3 Å². The number of carbonyl (C=O) groups excluding carboxylic acids is 1. The van der Waals surface area contributed by atoms with Crippen LogP contribution in [0, 0.1) is 6.92 Å². The lowest BCUT2D eigenvalue weighted by atomic mass is 10.1. The van der Waals surface area contributed by atoms with Gasteiger partial charge in [0.05, 0.1) is 13.5 Å². The molecule has 92 valence electrons. The normalized spacial score (nSPS) is 9.76. The average Bonchev–Trinajstić information content (AvgIpc) is 2.28. The third-order valence-electron chi connectivity index (χ3n) is 2.31. The van der Waals surface area contributed by atoms with Gasteiger partial charge in [0.2, 0.25) is 0 Å². The molecule has 17 heavy (non-hydrogen) atoms. The third-order valence-corrected chi connectivity index (χ3v) is 2.53. The fourth-order valence-corrected chi connectivity index (χ4v) is 1.60. The molecule has 1 rings (SSSR count). The van der Waals surface area contributed by atoms with E-state index < -0.39 is 0 Å². The summed E-state index contributed by atoms with van der Waals surface area (Å²) in [6.45, 7) is 2.47. The Hall–Kier alpha value is -1.62. The molecule has 0 saturated carbocycles. The second kappa shape index (κ2) is 6.20. The SMILES string of the molecule is COC(=O)CCNc1cc(C)ccc1C(N)=S. The van der Waals surface area contributed by atoms with E-state index in [0.717, 1.165) is 16.8 Å². The van der Waals surface area contributed by atoms with Gasteiger partial charge in [-0.3, -0.25) is 4.79 Å². The van der Waals surface area contributed by atoms with Crippen molar-refractivity contribution < 1.29 is 9.53 Å². The Bertz CT molecular complexity index is 433. The summed E-state index contributed by atoms with van der Waals surface area (Å²) in [4.78, 5) is 11.3. The molecule has 5 heteroatoms. The van der Waals surface area contributed by atoms with E-state index in [1.165, 1.54) is 7.11 Å². The molecule has 0 spiro atoms. The summed E-state index contributed by atoms with van der Waals surface area (Å²) in [5.74, 6) is -0.248. The van der Waals surface area contributed by atoms with E-state index in [0.29, 0.717) is 18.0 Å². The molecule has 0 atom stereocenters. The number of methoxy groups -OCH3 is 1. The van der Waals surface area contributed by atoms with Crippen molar-refractivity contribution in [3.63, 3.8) is 0 Å². The molecule has 0 aliphatic carbocycles. The van der Waals surface area contributed by atoms with Crippen molar-refractivity contribution in [2.45, 2.75) is 13.3 Å². The number of nitrogens with one attached hydrogen (secondary N) is 1. The lowest BCUT2D eigenvalue weighted by Crippen LogP contribution is -2.15. The topological polar surface area (TPSA) is 64.3 Å². The minimum absolute atomic E-state index is 0.248. The standard InChI is InChI=1S/C12H16N2O2S/c1-8-3-4-9(12(13)17)10(7-8)14-6-5-11(15)16-2/h3-4,7,14H,5-6H2,1-2H3,(H2,13,17). The largest absolute Gasteiger partial charge is 0.469 e. The van der Waals surface area contributed by atoms with Gasteiger partial charge in [-0.25, -0.2) is 0 Å². The summed E-state index contributed by atoms with van der Waals surface area (Å²) in [6, 6.07) is 5.77. The number of rotatable bonds is 5.